The average Bonchev–Trinajstić information content (AvgIpc) is 2.62. The monoisotopic (exact) mass is 408 g/mol. The highest BCUT2D eigenvalue weighted by atomic mass is 35.5. The van der Waals surface area contributed by atoms with Gasteiger partial charge in [0.25, 0.3) is 10.0 Å². The van der Waals surface area contributed by atoms with Crippen molar-refractivity contribution in [2.45, 2.75) is 4.90 Å². The molecule has 0 spiro atoms. The second-order valence-electron chi connectivity index (χ2n) is 5.28. The van der Waals surface area contributed by atoms with Crippen molar-refractivity contribution in [1.29, 1.82) is 0 Å². The second kappa shape index (κ2) is 7.53. The third-order valence-corrected chi connectivity index (χ3v) is 6.01. The number of halogens is 2. The molecule has 0 unspecified atom stereocenters. The number of ether oxygens (including phenoxy) is 1. The lowest BCUT2D eigenvalue weighted by Crippen LogP contribution is -2.27. The van der Waals surface area contributed by atoms with Crippen LogP contribution in [0.2, 0.25) is 10.3 Å². The molecule has 0 N–H and O–H groups in total. The molecule has 2 aromatic carbocycles. The molecule has 3 aromatic rings. The van der Waals surface area contributed by atoms with Crippen molar-refractivity contribution in [2.24, 2.45) is 0 Å². The Morgan fingerprint density at radius 3 is 2.27 bits per heavy atom. The Morgan fingerprint density at radius 1 is 0.923 bits per heavy atom. The maximum atomic E-state index is 13.0. The van der Waals surface area contributed by atoms with Crippen LogP contribution in [0, 0.1) is 0 Å². The SMILES string of the molecule is CN(c1ccccc1Oc1ccccc1)S(=O)(=O)c1ccc(Cl)nc1Cl. The zero-order valence-electron chi connectivity index (χ0n) is 13.6. The van der Waals surface area contributed by atoms with Crippen LogP contribution in [0.4, 0.5) is 5.69 Å². The van der Waals surface area contributed by atoms with Crippen LogP contribution < -0.4 is 9.04 Å². The standard InChI is InChI=1S/C18H14Cl2N2O3S/c1-22(26(23,24)16-11-12-17(19)21-18(16)20)14-9-5-6-10-15(14)25-13-7-3-2-4-8-13/h2-12H,1H3. The summed E-state index contributed by atoms with van der Waals surface area (Å²) in [6.45, 7) is 0. The number of nitrogens with zero attached hydrogens (tertiary/aromatic N) is 2. The summed E-state index contributed by atoms with van der Waals surface area (Å²) in [4.78, 5) is 3.66. The Balaban J connectivity index is 2.01. The first-order chi connectivity index (χ1) is 12.4. The molecule has 26 heavy (non-hydrogen) atoms. The van der Waals surface area contributed by atoms with E-state index in [4.69, 9.17) is 27.9 Å². The lowest BCUT2D eigenvalue weighted by atomic mass is 10.3. The number of rotatable bonds is 5. The number of pyridine rings is 1. The van der Waals surface area contributed by atoms with Gasteiger partial charge in [0.2, 0.25) is 0 Å². The molecular weight excluding hydrogens is 395 g/mol. The van der Waals surface area contributed by atoms with Gasteiger partial charge in [0, 0.05) is 7.05 Å². The van der Waals surface area contributed by atoms with Gasteiger partial charge in [-0.1, -0.05) is 53.5 Å². The topological polar surface area (TPSA) is 59.5 Å². The zero-order chi connectivity index (χ0) is 18.7. The van der Waals surface area contributed by atoms with Crippen LogP contribution in [0.5, 0.6) is 11.5 Å². The third kappa shape index (κ3) is 3.77. The van der Waals surface area contributed by atoms with Gasteiger partial charge in [-0.05, 0) is 36.4 Å². The van der Waals surface area contributed by atoms with Crippen molar-refractivity contribution in [1.82, 2.24) is 4.98 Å². The molecule has 5 nitrogen and oxygen atoms in total. The van der Waals surface area contributed by atoms with E-state index in [1.54, 1.807) is 36.4 Å². The fraction of sp³-hybridized carbons (Fsp3) is 0.0556. The molecule has 3 rings (SSSR count). The molecule has 8 heteroatoms. The normalized spacial score (nSPS) is 11.2. The van der Waals surface area contributed by atoms with Crippen LogP contribution in [0.25, 0.3) is 0 Å². The van der Waals surface area contributed by atoms with Gasteiger partial charge >= 0.3 is 0 Å². The van der Waals surface area contributed by atoms with E-state index in [0.717, 1.165) is 4.31 Å². The van der Waals surface area contributed by atoms with E-state index in [9.17, 15) is 8.42 Å². The fourth-order valence-corrected chi connectivity index (χ4v) is 4.13. The second-order valence-corrected chi connectivity index (χ2v) is 7.96. The summed E-state index contributed by atoms with van der Waals surface area (Å²) in [5, 5.41) is -0.0739. The Bertz CT molecular complexity index is 1030. The van der Waals surface area contributed by atoms with E-state index in [2.05, 4.69) is 4.98 Å². The molecule has 0 bridgehead atoms. The van der Waals surface area contributed by atoms with Crippen molar-refractivity contribution in [3.63, 3.8) is 0 Å². The fourth-order valence-electron chi connectivity index (χ4n) is 2.29. The summed E-state index contributed by atoms with van der Waals surface area (Å²) in [7, 11) is -2.53. The van der Waals surface area contributed by atoms with Gasteiger partial charge in [-0.15, -0.1) is 0 Å². The average molecular weight is 409 g/mol. The first-order valence-electron chi connectivity index (χ1n) is 7.52. The molecule has 0 aliphatic heterocycles. The minimum atomic E-state index is -3.95. The van der Waals surface area contributed by atoms with Gasteiger partial charge in [0.05, 0.1) is 5.69 Å². The van der Waals surface area contributed by atoms with Crippen molar-refractivity contribution < 1.29 is 13.2 Å². The van der Waals surface area contributed by atoms with Gasteiger partial charge in [-0.3, -0.25) is 4.31 Å². The molecule has 0 saturated carbocycles. The largest absolute Gasteiger partial charge is 0.455 e. The number of hydrogen-bond donors (Lipinski definition) is 0. The summed E-state index contributed by atoms with van der Waals surface area (Å²) in [5.74, 6) is 0.986. The summed E-state index contributed by atoms with van der Waals surface area (Å²) in [5.41, 5.74) is 0.363. The number of sulfonamides is 1. The molecular formula is C18H14Cl2N2O3S. The molecule has 0 atom stereocenters. The third-order valence-electron chi connectivity index (χ3n) is 3.59. The Labute approximate surface area is 161 Å². The van der Waals surface area contributed by atoms with Gasteiger partial charge in [-0.2, -0.15) is 0 Å². The first kappa shape index (κ1) is 18.5. The minimum Gasteiger partial charge on any atom is -0.455 e. The summed E-state index contributed by atoms with van der Waals surface area (Å²) in [6, 6.07) is 18.6. The molecule has 0 aliphatic carbocycles. The Morgan fingerprint density at radius 2 is 1.58 bits per heavy atom. The number of para-hydroxylation sites is 3. The van der Waals surface area contributed by atoms with Crippen molar-refractivity contribution in [2.75, 3.05) is 11.4 Å². The molecule has 1 aromatic heterocycles. The highest BCUT2D eigenvalue weighted by Crippen LogP contribution is 2.35. The van der Waals surface area contributed by atoms with Crippen LogP contribution in [0.3, 0.4) is 0 Å². The van der Waals surface area contributed by atoms with Gasteiger partial charge in [0.15, 0.2) is 10.9 Å². The number of anilines is 1. The molecule has 0 fully saturated rings. The van der Waals surface area contributed by atoms with Crippen LogP contribution in [0.1, 0.15) is 0 Å². The molecule has 0 amide bonds. The highest BCUT2D eigenvalue weighted by molar-refractivity contribution is 7.93. The number of benzene rings is 2. The molecule has 1 heterocycles. The van der Waals surface area contributed by atoms with Gasteiger partial charge < -0.3 is 4.74 Å². The van der Waals surface area contributed by atoms with E-state index >= 15 is 0 Å². The molecule has 134 valence electrons. The lowest BCUT2D eigenvalue weighted by Gasteiger charge is -2.22. The number of aromatic nitrogens is 1. The van der Waals surface area contributed by atoms with Crippen molar-refractivity contribution in [3.8, 4) is 11.5 Å². The Kier molecular flexibility index (Phi) is 5.36. The smallest absolute Gasteiger partial charge is 0.267 e. The van der Waals surface area contributed by atoms with Crippen molar-refractivity contribution in [3.05, 3.63) is 77.0 Å². The van der Waals surface area contributed by atoms with Gasteiger partial charge in [-0.25, -0.2) is 13.4 Å². The van der Waals surface area contributed by atoms with E-state index in [1.165, 1.54) is 19.2 Å². The van der Waals surface area contributed by atoms with Crippen LogP contribution >= 0.6 is 23.2 Å². The van der Waals surface area contributed by atoms with E-state index in [0.29, 0.717) is 17.2 Å². The van der Waals surface area contributed by atoms with E-state index in [1.807, 2.05) is 18.2 Å². The molecule has 0 aliphatic rings. The quantitative estimate of drug-likeness (QED) is 0.556. The molecule has 0 saturated heterocycles. The highest BCUT2D eigenvalue weighted by Gasteiger charge is 2.27. The molecule has 0 radical (unpaired) electrons. The van der Waals surface area contributed by atoms with Crippen LogP contribution in [-0.4, -0.2) is 20.4 Å². The van der Waals surface area contributed by atoms with Crippen molar-refractivity contribution >= 4 is 38.9 Å². The predicted octanol–water partition coefficient (Wildman–Crippen LogP) is 5.01. The minimum absolute atomic E-state index is 0.115. The number of hydrogen-bond acceptors (Lipinski definition) is 4. The Hall–Kier alpha value is -2.28. The van der Waals surface area contributed by atoms with Gasteiger partial charge in [0.1, 0.15) is 15.8 Å². The maximum Gasteiger partial charge on any atom is 0.267 e. The maximum absolute atomic E-state index is 13.0. The first-order valence-corrected chi connectivity index (χ1v) is 9.72. The summed E-state index contributed by atoms with van der Waals surface area (Å²) >= 11 is 11.7. The zero-order valence-corrected chi connectivity index (χ0v) is 16.0. The predicted molar refractivity (Wildman–Crippen MR) is 103 cm³/mol. The van der Waals surface area contributed by atoms with E-state index < -0.39 is 10.0 Å². The summed E-state index contributed by atoms with van der Waals surface area (Å²) in [6.07, 6.45) is 0. The van der Waals surface area contributed by atoms with E-state index in [-0.39, 0.29) is 15.2 Å². The van der Waals surface area contributed by atoms with Crippen LogP contribution in [0.15, 0.2) is 71.6 Å². The lowest BCUT2D eigenvalue weighted by molar-refractivity contribution is 0.483. The van der Waals surface area contributed by atoms with Crippen LogP contribution in [-0.2, 0) is 10.0 Å². The summed E-state index contributed by atoms with van der Waals surface area (Å²) < 4.78 is 32.9.